The minimum absolute atomic E-state index is 0.287. The zero-order valence-corrected chi connectivity index (χ0v) is 12.1. The Hall–Kier alpha value is -2.21. The van der Waals surface area contributed by atoms with Gasteiger partial charge in [-0.15, -0.1) is 0 Å². The minimum atomic E-state index is -0.693. The highest BCUT2D eigenvalue weighted by Gasteiger charge is 2.13. The van der Waals surface area contributed by atoms with Crippen LogP contribution in [0.2, 0.25) is 0 Å². The van der Waals surface area contributed by atoms with E-state index in [0.29, 0.717) is 5.69 Å². The van der Waals surface area contributed by atoms with Crippen LogP contribution in [0.3, 0.4) is 0 Å². The van der Waals surface area contributed by atoms with Crippen molar-refractivity contribution in [2.75, 3.05) is 5.32 Å². The molecule has 0 bridgehead atoms. The van der Waals surface area contributed by atoms with Crippen molar-refractivity contribution >= 4 is 33.4 Å². The molecule has 0 aliphatic carbocycles. The Morgan fingerprint density at radius 3 is 2.30 bits per heavy atom. The van der Waals surface area contributed by atoms with Crippen LogP contribution in [-0.2, 0) is 16.1 Å². The maximum atomic E-state index is 11.7. The molecular formula is C14H12BrN3O2. The van der Waals surface area contributed by atoms with E-state index in [0.717, 1.165) is 10.0 Å². The number of carbonyl (C=O) groups excluding carboxylic acids is 2. The van der Waals surface area contributed by atoms with Gasteiger partial charge in [0, 0.05) is 29.1 Å². The molecule has 0 spiro atoms. The van der Waals surface area contributed by atoms with Crippen LogP contribution in [0.15, 0.2) is 53.3 Å². The Balaban J connectivity index is 1.86. The van der Waals surface area contributed by atoms with E-state index in [1.54, 1.807) is 48.8 Å². The summed E-state index contributed by atoms with van der Waals surface area (Å²) in [5.41, 5.74) is 1.45. The van der Waals surface area contributed by atoms with E-state index in [-0.39, 0.29) is 6.54 Å². The zero-order chi connectivity index (χ0) is 14.4. The zero-order valence-electron chi connectivity index (χ0n) is 10.5. The molecule has 1 heterocycles. The molecule has 5 nitrogen and oxygen atoms in total. The molecule has 0 saturated carbocycles. The third-order valence-electron chi connectivity index (χ3n) is 2.51. The van der Waals surface area contributed by atoms with Crippen molar-refractivity contribution in [3.63, 3.8) is 0 Å². The average Bonchev–Trinajstić information content (AvgIpc) is 2.48. The summed E-state index contributed by atoms with van der Waals surface area (Å²) in [6.07, 6.45) is 3.26. The number of halogens is 1. The van der Waals surface area contributed by atoms with Crippen molar-refractivity contribution in [2.24, 2.45) is 0 Å². The molecule has 2 N–H and O–H groups in total. The molecule has 6 heteroatoms. The first-order valence-electron chi connectivity index (χ1n) is 5.89. The monoisotopic (exact) mass is 333 g/mol. The summed E-state index contributed by atoms with van der Waals surface area (Å²) in [6, 6.07) is 10.5. The van der Waals surface area contributed by atoms with Gasteiger partial charge in [-0.05, 0) is 42.0 Å². The third kappa shape index (κ3) is 4.17. The van der Waals surface area contributed by atoms with Crippen molar-refractivity contribution < 1.29 is 9.59 Å². The average molecular weight is 334 g/mol. The van der Waals surface area contributed by atoms with Gasteiger partial charge in [-0.1, -0.05) is 15.9 Å². The first-order valence-corrected chi connectivity index (χ1v) is 6.68. The highest BCUT2D eigenvalue weighted by molar-refractivity contribution is 9.10. The number of anilines is 1. The fourth-order valence-corrected chi connectivity index (χ4v) is 1.75. The van der Waals surface area contributed by atoms with Crippen LogP contribution in [0.25, 0.3) is 0 Å². The summed E-state index contributed by atoms with van der Waals surface area (Å²) >= 11 is 3.29. The van der Waals surface area contributed by atoms with E-state index in [2.05, 4.69) is 31.5 Å². The van der Waals surface area contributed by atoms with Crippen molar-refractivity contribution in [1.29, 1.82) is 0 Å². The minimum Gasteiger partial charge on any atom is -0.344 e. The number of pyridine rings is 1. The maximum absolute atomic E-state index is 11.7. The summed E-state index contributed by atoms with van der Waals surface area (Å²) in [7, 11) is 0. The highest BCUT2D eigenvalue weighted by Crippen LogP contribution is 2.13. The number of benzene rings is 1. The molecule has 20 heavy (non-hydrogen) atoms. The first-order chi connectivity index (χ1) is 9.65. The molecule has 0 radical (unpaired) electrons. The number of rotatable bonds is 3. The number of aromatic nitrogens is 1. The molecule has 2 aromatic rings. The van der Waals surface area contributed by atoms with Crippen LogP contribution in [0, 0.1) is 0 Å². The normalized spacial score (nSPS) is 9.85. The predicted octanol–water partition coefficient (Wildman–Crippen LogP) is 2.10. The Bertz CT molecular complexity index is 600. The Kier molecular flexibility index (Phi) is 4.84. The number of amides is 2. The summed E-state index contributed by atoms with van der Waals surface area (Å²) < 4.78 is 0.901. The van der Waals surface area contributed by atoms with Gasteiger partial charge in [-0.25, -0.2) is 0 Å². The van der Waals surface area contributed by atoms with Gasteiger partial charge >= 0.3 is 11.8 Å². The number of nitrogens with one attached hydrogen (secondary N) is 2. The smallest absolute Gasteiger partial charge is 0.313 e. The maximum Gasteiger partial charge on any atom is 0.313 e. The van der Waals surface area contributed by atoms with Crippen molar-refractivity contribution in [3.05, 3.63) is 58.8 Å². The molecule has 0 saturated heterocycles. The fourth-order valence-electron chi connectivity index (χ4n) is 1.48. The highest BCUT2D eigenvalue weighted by atomic mass is 79.9. The van der Waals surface area contributed by atoms with Gasteiger partial charge in [-0.3, -0.25) is 14.6 Å². The topological polar surface area (TPSA) is 71.1 Å². The lowest BCUT2D eigenvalue weighted by atomic mass is 10.2. The fraction of sp³-hybridized carbons (Fsp3) is 0.0714. The third-order valence-corrected chi connectivity index (χ3v) is 3.04. The van der Waals surface area contributed by atoms with Crippen LogP contribution in [0.4, 0.5) is 5.69 Å². The van der Waals surface area contributed by atoms with Crippen molar-refractivity contribution in [3.8, 4) is 0 Å². The Labute approximate surface area is 124 Å². The van der Waals surface area contributed by atoms with E-state index < -0.39 is 11.8 Å². The Morgan fingerprint density at radius 1 is 1.00 bits per heavy atom. The molecule has 0 unspecified atom stereocenters. The van der Waals surface area contributed by atoms with E-state index in [9.17, 15) is 9.59 Å². The number of hydrogen-bond acceptors (Lipinski definition) is 3. The van der Waals surface area contributed by atoms with Crippen LogP contribution < -0.4 is 10.6 Å². The summed E-state index contributed by atoms with van der Waals surface area (Å²) in [5, 5.41) is 5.06. The van der Waals surface area contributed by atoms with Gasteiger partial charge in [0.15, 0.2) is 0 Å². The second-order valence-electron chi connectivity index (χ2n) is 4.00. The van der Waals surface area contributed by atoms with Gasteiger partial charge in [0.25, 0.3) is 0 Å². The van der Waals surface area contributed by atoms with Gasteiger partial charge in [-0.2, -0.15) is 0 Å². The lowest BCUT2D eigenvalue weighted by molar-refractivity contribution is -0.136. The molecule has 0 aliphatic rings. The largest absolute Gasteiger partial charge is 0.344 e. The van der Waals surface area contributed by atoms with E-state index >= 15 is 0 Å². The van der Waals surface area contributed by atoms with Gasteiger partial charge < -0.3 is 10.6 Å². The van der Waals surface area contributed by atoms with Crippen LogP contribution in [-0.4, -0.2) is 16.8 Å². The molecule has 2 amide bonds. The molecule has 0 fully saturated rings. The standard InChI is InChI=1S/C14H12BrN3O2/c15-11-1-3-12(4-2-11)18-14(20)13(19)17-9-10-5-7-16-8-6-10/h1-8H,9H2,(H,17,19)(H,18,20). The van der Waals surface area contributed by atoms with E-state index in [1.165, 1.54) is 0 Å². The van der Waals surface area contributed by atoms with E-state index in [1.807, 2.05) is 0 Å². The lowest BCUT2D eigenvalue weighted by Gasteiger charge is -2.06. The van der Waals surface area contributed by atoms with Crippen LogP contribution in [0.1, 0.15) is 5.56 Å². The van der Waals surface area contributed by atoms with Gasteiger partial charge in [0.05, 0.1) is 0 Å². The van der Waals surface area contributed by atoms with Crippen molar-refractivity contribution in [2.45, 2.75) is 6.54 Å². The van der Waals surface area contributed by atoms with E-state index in [4.69, 9.17) is 0 Å². The number of hydrogen-bond donors (Lipinski definition) is 2. The quantitative estimate of drug-likeness (QED) is 0.845. The lowest BCUT2D eigenvalue weighted by Crippen LogP contribution is -2.34. The molecular weight excluding hydrogens is 322 g/mol. The first kappa shape index (κ1) is 14.2. The molecule has 102 valence electrons. The summed E-state index contributed by atoms with van der Waals surface area (Å²) in [6.45, 7) is 0.287. The second kappa shape index (κ2) is 6.81. The number of carbonyl (C=O) groups is 2. The predicted molar refractivity (Wildman–Crippen MR) is 78.9 cm³/mol. The van der Waals surface area contributed by atoms with Crippen LogP contribution in [0.5, 0.6) is 0 Å². The van der Waals surface area contributed by atoms with Gasteiger partial charge in [0.2, 0.25) is 0 Å². The second-order valence-corrected chi connectivity index (χ2v) is 4.91. The van der Waals surface area contributed by atoms with Gasteiger partial charge in [0.1, 0.15) is 0 Å². The van der Waals surface area contributed by atoms with Crippen LogP contribution >= 0.6 is 15.9 Å². The van der Waals surface area contributed by atoms with Crippen molar-refractivity contribution in [1.82, 2.24) is 10.3 Å². The SMILES string of the molecule is O=C(NCc1ccncc1)C(=O)Nc1ccc(Br)cc1. The Morgan fingerprint density at radius 2 is 1.65 bits per heavy atom. The number of nitrogens with zero attached hydrogens (tertiary/aromatic N) is 1. The molecule has 0 atom stereocenters. The molecule has 1 aromatic heterocycles. The summed E-state index contributed by atoms with van der Waals surface area (Å²) in [5.74, 6) is -1.37. The molecule has 1 aromatic carbocycles. The molecule has 0 aliphatic heterocycles. The summed E-state index contributed by atoms with van der Waals surface area (Å²) in [4.78, 5) is 27.2. The molecule has 2 rings (SSSR count).